The van der Waals surface area contributed by atoms with Gasteiger partial charge < -0.3 is 14.8 Å². The molecule has 1 heterocycles. The van der Waals surface area contributed by atoms with Gasteiger partial charge in [-0.05, 0) is 19.2 Å². The molecule has 1 N–H and O–H groups in total. The standard InChI is InChI=1S/C12H16N4O2/c1-13-7-12-15-14-8-16(12)9-4-5-10(17-2)11(6-9)18-3/h4-6,8,13H,7H2,1-3H3. The van der Waals surface area contributed by atoms with Crippen molar-refractivity contribution in [3.63, 3.8) is 0 Å². The fourth-order valence-corrected chi connectivity index (χ4v) is 1.73. The van der Waals surface area contributed by atoms with E-state index in [1.165, 1.54) is 0 Å². The van der Waals surface area contributed by atoms with Crippen molar-refractivity contribution in [3.8, 4) is 17.2 Å². The Morgan fingerprint density at radius 1 is 1.22 bits per heavy atom. The molecule has 2 rings (SSSR count). The zero-order valence-corrected chi connectivity index (χ0v) is 10.7. The molecular formula is C12H16N4O2. The van der Waals surface area contributed by atoms with Gasteiger partial charge in [-0.3, -0.25) is 4.57 Å². The van der Waals surface area contributed by atoms with Crippen LogP contribution in [0, 0.1) is 0 Å². The summed E-state index contributed by atoms with van der Waals surface area (Å²) in [5.41, 5.74) is 0.933. The molecule has 0 saturated carbocycles. The van der Waals surface area contributed by atoms with Crippen molar-refractivity contribution in [1.29, 1.82) is 0 Å². The Kier molecular flexibility index (Phi) is 3.78. The van der Waals surface area contributed by atoms with Gasteiger partial charge in [0, 0.05) is 6.07 Å². The van der Waals surface area contributed by atoms with E-state index in [0.29, 0.717) is 18.0 Å². The van der Waals surface area contributed by atoms with Gasteiger partial charge in [0.25, 0.3) is 0 Å². The zero-order valence-electron chi connectivity index (χ0n) is 10.7. The largest absolute Gasteiger partial charge is 0.493 e. The van der Waals surface area contributed by atoms with Crippen molar-refractivity contribution in [3.05, 3.63) is 30.4 Å². The first-order valence-corrected chi connectivity index (χ1v) is 5.56. The molecule has 0 aliphatic carbocycles. The molecule has 0 aliphatic rings. The van der Waals surface area contributed by atoms with E-state index in [0.717, 1.165) is 11.5 Å². The lowest BCUT2D eigenvalue weighted by atomic mass is 10.2. The van der Waals surface area contributed by atoms with Crippen LogP contribution in [-0.2, 0) is 6.54 Å². The van der Waals surface area contributed by atoms with Crippen molar-refractivity contribution in [2.45, 2.75) is 6.54 Å². The van der Waals surface area contributed by atoms with Crippen molar-refractivity contribution in [2.24, 2.45) is 0 Å². The molecule has 0 radical (unpaired) electrons. The molecule has 0 bridgehead atoms. The Labute approximate surface area is 106 Å². The molecule has 1 aromatic heterocycles. The minimum absolute atomic E-state index is 0.647. The molecule has 0 saturated heterocycles. The second-order valence-electron chi connectivity index (χ2n) is 3.69. The Morgan fingerprint density at radius 3 is 2.67 bits per heavy atom. The molecule has 96 valence electrons. The predicted octanol–water partition coefficient (Wildman–Crippen LogP) is 1.00. The fraction of sp³-hybridized carbons (Fsp3) is 0.333. The van der Waals surface area contributed by atoms with Crippen molar-refractivity contribution in [2.75, 3.05) is 21.3 Å². The molecule has 0 atom stereocenters. The predicted molar refractivity (Wildman–Crippen MR) is 67.2 cm³/mol. The Bertz CT molecular complexity index is 525. The van der Waals surface area contributed by atoms with Crippen LogP contribution < -0.4 is 14.8 Å². The summed E-state index contributed by atoms with van der Waals surface area (Å²) in [6.45, 7) is 0.647. The number of hydrogen-bond donors (Lipinski definition) is 1. The van der Waals surface area contributed by atoms with E-state index in [4.69, 9.17) is 9.47 Å². The Balaban J connectivity index is 2.41. The second kappa shape index (κ2) is 5.50. The summed E-state index contributed by atoms with van der Waals surface area (Å²) in [6, 6.07) is 5.68. The highest BCUT2D eigenvalue weighted by molar-refractivity contribution is 5.49. The number of ether oxygens (including phenoxy) is 2. The molecule has 0 unspecified atom stereocenters. The Hall–Kier alpha value is -2.08. The van der Waals surface area contributed by atoms with Crippen molar-refractivity contribution < 1.29 is 9.47 Å². The van der Waals surface area contributed by atoms with Crippen LogP contribution in [0.5, 0.6) is 11.5 Å². The third kappa shape index (κ3) is 2.28. The number of nitrogens with one attached hydrogen (secondary N) is 1. The molecule has 1 aromatic carbocycles. The first kappa shape index (κ1) is 12.4. The summed E-state index contributed by atoms with van der Waals surface area (Å²) >= 11 is 0. The summed E-state index contributed by atoms with van der Waals surface area (Å²) in [4.78, 5) is 0. The Morgan fingerprint density at radius 2 is 2.00 bits per heavy atom. The topological polar surface area (TPSA) is 61.2 Å². The maximum atomic E-state index is 5.28. The van der Waals surface area contributed by atoms with Gasteiger partial charge in [-0.1, -0.05) is 0 Å². The van der Waals surface area contributed by atoms with Gasteiger partial charge in [0.05, 0.1) is 26.5 Å². The lowest BCUT2D eigenvalue weighted by Gasteiger charge is -2.11. The van der Waals surface area contributed by atoms with Gasteiger partial charge in [-0.2, -0.15) is 0 Å². The number of benzene rings is 1. The fourth-order valence-electron chi connectivity index (χ4n) is 1.73. The van der Waals surface area contributed by atoms with Crippen molar-refractivity contribution in [1.82, 2.24) is 20.1 Å². The van der Waals surface area contributed by atoms with E-state index in [1.54, 1.807) is 20.5 Å². The molecular weight excluding hydrogens is 232 g/mol. The molecule has 0 spiro atoms. The van der Waals surface area contributed by atoms with Crippen LogP contribution in [0.1, 0.15) is 5.82 Å². The number of methoxy groups -OCH3 is 2. The summed E-state index contributed by atoms with van der Waals surface area (Å²) in [6.07, 6.45) is 1.67. The SMILES string of the molecule is CNCc1nncn1-c1ccc(OC)c(OC)c1. The third-order valence-corrected chi connectivity index (χ3v) is 2.60. The quantitative estimate of drug-likeness (QED) is 0.855. The van der Waals surface area contributed by atoms with Crippen LogP contribution in [0.25, 0.3) is 5.69 Å². The maximum absolute atomic E-state index is 5.28. The second-order valence-corrected chi connectivity index (χ2v) is 3.69. The van der Waals surface area contributed by atoms with Crippen LogP contribution in [0.3, 0.4) is 0 Å². The van der Waals surface area contributed by atoms with Gasteiger partial charge in [-0.15, -0.1) is 10.2 Å². The molecule has 6 nitrogen and oxygen atoms in total. The van der Waals surface area contributed by atoms with E-state index in [1.807, 2.05) is 29.8 Å². The summed E-state index contributed by atoms with van der Waals surface area (Å²) in [7, 11) is 5.10. The lowest BCUT2D eigenvalue weighted by molar-refractivity contribution is 0.355. The normalized spacial score (nSPS) is 10.4. The van der Waals surface area contributed by atoms with Gasteiger partial charge in [0.15, 0.2) is 17.3 Å². The van der Waals surface area contributed by atoms with Crippen LogP contribution in [0.4, 0.5) is 0 Å². The minimum atomic E-state index is 0.647. The maximum Gasteiger partial charge on any atom is 0.162 e. The molecule has 6 heteroatoms. The van der Waals surface area contributed by atoms with Gasteiger partial charge in [0.2, 0.25) is 0 Å². The van der Waals surface area contributed by atoms with E-state index >= 15 is 0 Å². The zero-order chi connectivity index (χ0) is 13.0. The van der Waals surface area contributed by atoms with Gasteiger partial charge in [-0.25, -0.2) is 0 Å². The number of aromatic nitrogens is 3. The monoisotopic (exact) mass is 248 g/mol. The highest BCUT2D eigenvalue weighted by Gasteiger charge is 2.09. The lowest BCUT2D eigenvalue weighted by Crippen LogP contribution is -2.11. The van der Waals surface area contributed by atoms with E-state index < -0.39 is 0 Å². The highest BCUT2D eigenvalue weighted by atomic mass is 16.5. The summed E-state index contributed by atoms with van der Waals surface area (Å²) < 4.78 is 12.4. The van der Waals surface area contributed by atoms with Crippen LogP contribution in [0.2, 0.25) is 0 Å². The van der Waals surface area contributed by atoms with E-state index in [9.17, 15) is 0 Å². The molecule has 0 fully saturated rings. The smallest absolute Gasteiger partial charge is 0.162 e. The average Bonchev–Trinajstić information content (AvgIpc) is 2.86. The van der Waals surface area contributed by atoms with Crippen LogP contribution in [-0.4, -0.2) is 36.0 Å². The molecule has 2 aromatic rings. The highest BCUT2D eigenvalue weighted by Crippen LogP contribution is 2.29. The minimum Gasteiger partial charge on any atom is -0.493 e. The van der Waals surface area contributed by atoms with Crippen LogP contribution >= 0.6 is 0 Å². The van der Waals surface area contributed by atoms with Crippen molar-refractivity contribution >= 4 is 0 Å². The summed E-state index contributed by atoms with van der Waals surface area (Å²) in [5, 5.41) is 11.0. The third-order valence-electron chi connectivity index (χ3n) is 2.60. The van der Waals surface area contributed by atoms with E-state index in [-0.39, 0.29) is 0 Å². The van der Waals surface area contributed by atoms with E-state index in [2.05, 4.69) is 15.5 Å². The molecule has 0 aliphatic heterocycles. The number of hydrogen-bond acceptors (Lipinski definition) is 5. The average molecular weight is 248 g/mol. The van der Waals surface area contributed by atoms with Gasteiger partial charge >= 0.3 is 0 Å². The van der Waals surface area contributed by atoms with Crippen LogP contribution in [0.15, 0.2) is 24.5 Å². The number of rotatable bonds is 5. The first-order chi connectivity index (χ1) is 8.80. The molecule has 0 amide bonds. The summed E-state index contributed by atoms with van der Waals surface area (Å²) in [5.74, 6) is 2.22. The number of nitrogens with zero attached hydrogens (tertiary/aromatic N) is 3. The van der Waals surface area contributed by atoms with Gasteiger partial charge in [0.1, 0.15) is 6.33 Å². The first-order valence-electron chi connectivity index (χ1n) is 5.56. The molecule has 18 heavy (non-hydrogen) atoms.